The smallest absolute Gasteiger partial charge is 0.0401 e. The van der Waals surface area contributed by atoms with Crippen LogP contribution in [0.3, 0.4) is 0 Å². The lowest BCUT2D eigenvalue weighted by molar-refractivity contribution is 0.234. The van der Waals surface area contributed by atoms with E-state index in [0.29, 0.717) is 0 Å². The van der Waals surface area contributed by atoms with Crippen LogP contribution in [0.5, 0.6) is 0 Å². The first-order chi connectivity index (χ1) is 9.90. The Hall–Kier alpha value is -1.02. The van der Waals surface area contributed by atoms with Gasteiger partial charge in [-0.05, 0) is 69.2 Å². The number of rotatable bonds is 5. The molecule has 1 saturated carbocycles. The van der Waals surface area contributed by atoms with Gasteiger partial charge in [-0.25, -0.2) is 0 Å². The molecule has 1 N–H and O–H groups in total. The van der Waals surface area contributed by atoms with Crippen molar-refractivity contribution < 1.29 is 0 Å². The average molecular weight is 272 g/mol. The lowest BCUT2D eigenvalue weighted by Crippen LogP contribution is -2.51. The van der Waals surface area contributed by atoms with Crippen LogP contribution in [0, 0.1) is 5.92 Å². The third-order valence-electron chi connectivity index (χ3n) is 5.01. The fourth-order valence-electron chi connectivity index (χ4n) is 3.73. The van der Waals surface area contributed by atoms with Gasteiger partial charge in [0.2, 0.25) is 0 Å². The minimum Gasteiger partial charge on any atom is -0.368 e. The molecule has 0 amide bonds. The molecular formula is C18H28N2. The number of anilines is 1. The first-order valence-electron chi connectivity index (χ1n) is 8.45. The van der Waals surface area contributed by atoms with E-state index in [1.165, 1.54) is 63.8 Å². The Morgan fingerprint density at radius 2 is 2.10 bits per heavy atom. The van der Waals surface area contributed by atoms with Crippen LogP contribution in [0.15, 0.2) is 24.3 Å². The Morgan fingerprint density at radius 1 is 1.20 bits per heavy atom. The summed E-state index contributed by atoms with van der Waals surface area (Å²) in [6.07, 6.45) is 7.98. The second-order valence-electron chi connectivity index (χ2n) is 6.39. The first-order valence-corrected chi connectivity index (χ1v) is 8.45. The molecule has 0 saturated heterocycles. The number of hydrogen-bond donors (Lipinski definition) is 1. The molecule has 1 heterocycles. The van der Waals surface area contributed by atoms with Crippen molar-refractivity contribution in [2.75, 3.05) is 24.5 Å². The highest BCUT2D eigenvalue weighted by Crippen LogP contribution is 2.37. The van der Waals surface area contributed by atoms with Crippen molar-refractivity contribution in [2.45, 2.75) is 51.5 Å². The first kappa shape index (κ1) is 13.9. The average Bonchev–Trinajstić information content (AvgIpc) is 2.66. The Labute approximate surface area is 123 Å². The van der Waals surface area contributed by atoms with E-state index in [1.807, 2.05) is 0 Å². The molecule has 2 atom stereocenters. The third-order valence-corrected chi connectivity index (χ3v) is 5.01. The molecule has 1 aliphatic carbocycles. The van der Waals surface area contributed by atoms with E-state index in [0.717, 1.165) is 12.0 Å². The lowest BCUT2D eigenvalue weighted by Gasteiger charge is -2.46. The minimum absolute atomic E-state index is 0.776. The molecule has 0 radical (unpaired) electrons. The van der Waals surface area contributed by atoms with Crippen LogP contribution in [0.1, 0.15) is 44.6 Å². The number of benzene rings is 1. The van der Waals surface area contributed by atoms with Gasteiger partial charge in [0.15, 0.2) is 0 Å². The summed E-state index contributed by atoms with van der Waals surface area (Å²) in [4.78, 5) is 2.73. The molecule has 1 aromatic rings. The highest BCUT2D eigenvalue weighted by Gasteiger charge is 2.36. The molecule has 2 unspecified atom stereocenters. The van der Waals surface area contributed by atoms with E-state index in [2.05, 4.69) is 41.4 Å². The van der Waals surface area contributed by atoms with E-state index >= 15 is 0 Å². The molecule has 1 fully saturated rings. The second-order valence-corrected chi connectivity index (χ2v) is 6.39. The largest absolute Gasteiger partial charge is 0.368 e. The van der Waals surface area contributed by atoms with Gasteiger partial charge in [-0.1, -0.05) is 25.1 Å². The summed E-state index contributed by atoms with van der Waals surface area (Å²) in [6.45, 7) is 5.87. The molecule has 2 nitrogen and oxygen atoms in total. The fourth-order valence-corrected chi connectivity index (χ4v) is 3.73. The molecule has 1 aromatic carbocycles. The van der Waals surface area contributed by atoms with Crippen LogP contribution < -0.4 is 10.2 Å². The van der Waals surface area contributed by atoms with Gasteiger partial charge < -0.3 is 10.2 Å². The number of fused-ring (bicyclic) bond motifs is 1. The van der Waals surface area contributed by atoms with Gasteiger partial charge in [-0.3, -0.25) is 0 Å². The van der Waals surface area contributed by atoms with Crippen molar-refractivity contribution >= 4 is 5.69 Å². The van der Waals surface area contributed by atoms with Gasteiger partial charge in [0, 0.05) is 18.3 Å². The maximum Gasteiger partial charge on any atom is 0.0401 e. The highest BCUT2D eigenvalue weighted by atomic mass is 15.2. The van der Waals surface area contributed by atoms with Crippen LogP contribution in [0.2, 0.25) is 0 Å². The molecule has 0 aromatic heterocycles. The maximum atomic E-state index is 3.62. The van der Waals surface area contributed by atoms with Gasteiger partial charge in [-0.15, -0.1) is 0 Å². The fraction of sp³-hybridized carbons (Fsp3) is 0.667. The van der Waals surface area contributed by atoms with Crippen LogP contribution in [0.4, 0.5) is 5.69 Å². The van der Waals surface area contributed by atoms with Crippen LogP contribution in [0.25, 0.3) is 0 Å². The predicted molar refractivity (Wildman–Crippen MR) is 86.4 cm³/mol. The highest BCUT2D eigenvalue weighted by molar-refractivity contribution is 5.55. The summed E-state index contributed by atoms with van der Waals surface area (Å²) >= 11 is 0. The molecule has 2 heteroatoms. The third kappa shape index (κ3) is 2.85. The van der Waals surface area contributed by atoms with E-state index in [-0.39, 0.29) is 0 Å². The van der Waals surface area contributed by atoms with E-state index in [4.69, 9.17) is 0 Å². The summed E-state index contributed by atoms with van der Waals surface area (Å²) in [5.41, 5.74) is 3.09. The zero-order valence-corrected chi connectivity index (χ0v) is 12.8. The molecular weight excluding hydrogens is 244 g/mol. The van der Waals surface area contributed by atoms with Crippen LogP contribution in [-0.4, -0.2) is 25.7 Å². The van der Waals surface area contributed by atoms with Gasteiger partial charge >= 0.3 is 0 Å². The van der Waals surface area contributed by atoms with Gasteiger partial charge in [0.05, 0.1) is 0 Å². The summed E-state index contributed by atoms with van der Waals surface area (Å²) in [5.74, 6) is 0.854. The Kier molecular flexibility index (Phi) is 4.62. The van der Waals surface area contributed by atoms with E-state index < -0.39 is 0 Å². The number of nitrogens with zero attached hydrogens (tertiary/aromatic N) is 1. The Bertz CT molecular complexity index is 429. The lowest BCUT2D eigenvalue weighted by atomic mass is 9.78. The molecule has 0 bridgehead atoms. The zero-order chi connectivity index (χ0) is 13.8. The van der Waals surface area contributed by atoms with Gasteiger partial charge in [0.25, 0.3) is 0 Å². The standard InChI is InChI=1S/C18H28N2/c1-2-12-19-14-16-10-11-18(16)20-13-6-5-8-15-7-3-4-9-17(15)20/h3-4,7,9,16,18-19H,2,5-6,8,10-14H2,1H3. The minimum atomic E-state index is 0.776. The molecule has 110 valence electrons. The van der Waals surface area contributed by atoms with Gasteiger partial charge in [0.1, 0.15) is 0 Å². The van der Waals surface area contributed by atoms with Crippen molar-refractivity contribution in [3.8, 4) is 0 Å². The number of hydrogen-bond acceptors (Lipinski definition) is 2. The summed E-state index contributed by atoms with van der Waals surface area (Å²) in [7, 11) is 0. The monoisotopic (exact) mass is 272 g/mol. The quantitative estimate of drug-likeness (QED) is 0.824. The molecule has 20 heavy (non-hydrogen) atoms. The van der Waals surface area contributed by atoms with Crippen molar-refractivity contribution in [3.05, 3.63) is 29.8 Å². The van der Waals surface area contributed by atoms with Crippen molar-refractivity contribution in [1.29, 1.82) is 0 Å². The maximum absolute atomic E-state index is 3.62. The van der Waals surface area contributed by atoms with Crippen LogP contribution in [-0.2, 0) is 6.42 Å². The van der Waals surface area contributed by atoms with Gasteiger partial charge in [-0.2, -0.15) is 0 Å². The second kappa shape index (κ2) is 6.62. The van der Waals surface area contributed by atoms with E-state index in [1.54, 1.807) is 5.56 Å². The number of para-hydroxylation sites is 1. The SMILES string of the molecule is CCCNCC1CCC1N1CCCCc2ccccc21. The number of aryl methyl sites for hydroxylation is 1. The van der Waals surface area contributed by atoms with E-state index in [9.17, 15) is 0 Å². The number of nitrogens with one attached hydrogen (secondary N) is 1. The van der Waals surface area contributed by atoms with Crippen molar-refractivity contribution in [2.24, 2.45) is 5.92 Å². The predicted octanol–water partition coefficient (Wildman–Crippen LogP) is 3.61. The zero-order valence-electron chi connectivity index (χ0n) is 12.8. The summed E-state index contributed by atoms with van der Waals surface area (Å²) < 4.78 is 0. The summed E-state index contributed by atoms with van der Waals surface area (Å²) in [6, 6.07) is 9.86. The van der Waals surface area contributed by atoms with Crippen molar-refractivity contribution in [1.82, 2.24) is 5.32 Å². The Balaban J connectivity index is 1.70. The van der Waals surface area contributed by atoms with Crippen molar-refractivity contribution in [3.63, 3.8) is 0 Å². The molecule has 0 spiro atoms. The topological polar surface area (TPSA) is 15.3 Å². The molecule has 1 aliphatic heterocycles. The molecule has 2 aliphatic rings. The molecule has 3 rings (SSSR count). The summed E-state index contributed by atoms with van der Waals surface area (Å²) in [5, 5.41) is 3.62. The Morgan fingerprint density at radius 3 is 2.90 bits per heavy atom. The normalized spacial score (nSPS) is 25.8. The van der Waals surface area contributed by atoms with Crippen LogP contribution >= 0.6 is 0 Å².